The van der Waals surface area contributed by atoms with E-state index < -0.39 is 10.8 Å². The third kappa shape index (κ3) is 3.90. The highest BCUT2D eigenvalue weighted by Gasteiger charge is 2.17. The molecule has 0 amide bonds. The quantitative estimate of drug-likeness (QED) is 0.923. The van der Waals surface area contributed by atoms with Crippen LogP contribution in [-0.4, -0.2) is 28.8 Å². The summed E-state index contributed by atoms with van der Waals surface area (Å²) in [5, 5.41) is 3.50. The minimum Gasteiger partial charge on any atom is -0.313 e. The normalized spacial score (nSPS) is 20.9. The third-order valence-corrected chi connectivity index (χ3v) is 4.49. The average molecular weight is 316 g/mol. The maximum atomic E-state index is 11.0. The first-order valence-electron chi connectivity index (χ1n) is 5.96. The molecule has 4 heteroatoms. The summed E-state index contributed by atoms with van der Waals surface area (Å²) in [6.45, 7) is 0.861. The van der Waals surface area contributed by atoms with Gasteiger partial charge in [-0.05, 0) is 42.5 Å². The van der Waals surface area contributed by atoms with Crippen LogP contribution in [0.2, 0.25) is 0 Å². The topological polar surface area (TPSA) is 29.1 Å². The molecule has 1 aromatic rings. The van der Waals surface area contributed by atoms with E-state index >= 15 is 0 Å². The number of hydrogen-bond donors (Lipinski definition) is 1. The Morgan fingerprint density at radius 3 is 3.06 bits per heavy atom. The second-order valence-corrected chi connectivity index (χ2v) is 7.05. The molecule has 0 fully saturated rings. The molecule has 2 unspecified atom stereocenters. The van der Waals surface area contributed by atoms with Gasteiger partial charge in [0.1, 0.15) is 0 Å². The van der Waals surface area contributed by atoms with E-state index in [1.54, 1.807) is 6.26 Å². The molecule has 0 spiro atoms. The van der Waals surface area contributed by atoms with Crippen LogP contribution in [0.3, 0.4) is 0 Å². The van der Waals surface area contributed by atoms with Crippen molar-refractivity contribution in [1.29, 1.82) is 0 Å². The number of nitrogens with one attached hydrogen (secondary N) is 1. The van der Waals surface area contributed by atoms with Gasteiger partial charge in [0.05, 0.1) is 0 Å². The van der Waals surface area contributed by atoms with Crippen molar-refractivity contribution in [3.8, 4) is 0 Å². The SMILES string of the molecule is CS(=O)CCNC1CCc2cc(Br)ccc2C1. The lowest BCUT2D eigenvalue weighted by Gasteiger charge is -2.25. The Hall–Kier alpha value is -0.190. The molecule has 1 aliphatic rings. The number of benzene rings is 1. The number of halogens is 1. The van der Waals surface area contributed by atoms with E-state index in [4.69, 9.17) is 0 Å². The van der Waals surface area contributed by atoms with Gasteiger partial charge in [-0.2, -0.15) is 0 Å². The maximum absolute atomic E-state index is 11.0. The van der Waals surface area contributed by atoms with Gasteiger partial charge < -0.3 is 5.32 Å². The largest absolute Gasteiger partial charge is 0.313 e. The second kappa shape index (κ2) is 6.12. The molecule has 0 aromatic heterocycles. The van der Waals surface area contributed by atoms with Crippen LogP contribution in [0, 0.1) is 0 Å². The van der Waals surface area contributed by atoms with E-state index in [1.807, 2.05) is 0 Å². The molecule has 0 aliphatic heterocycles. The molecule has 1 N–H and O–H groups in total. The molecule has 0 saturated heterocycles. The van der Waals surface area contributed by atoms with E-state index in [9.17, 15) is 4.21 Å². The van der Waals surface area contributed by atoms with Crippen LogP contribution in [0.15, 0.2) is 22.7 Å². The van der Waals surface area contributed by atoms with E-state index in [2.05, 4.69) is 39.4 Å². The van der Waals surface area contributed by atoms with Crippen LogP contribution >= 0.6 is 15.9 Å². The summed E-state index contributed by atoms with van der Waals surface area (Å²) < 4.78 is 12.2. The predicted molar refractivity (Wildman–Crippen MR) is 76.9 cm³/mol. The summed E-state index contributed by atoms with van der Waals surface area (Å²) in [6, 6.07) is 7.10. The van der Waals surface area contributed by atoms with Crippen LogP contribution in [0.25, 0.3) is 0 Å². The molecule has 1 aliphatic carbocycles. The Morgan fingerprint density at radius 2 is 2.29 bits per heavy atom. The highest BCUT2D eigenvalue weighted by Crippen LogP contribution is 2.24. The number of rotatable bonds is 4. The first-order valence-corrected chi connectivity index (χ1v) is 8.48. The Morgan fingerprint density at radius 1 is 1.47 bits per heavy atom. The van der Waals surface area contributed by atoms with E-state index in [1.165, 1.54) is 22.0 Å². The molecule has 0 bridgehead atoms. The zero-order valence-corrected chi connectivity index (χ0v) is 12.4. The van der Waals surface area contributed by atoms with Gasteiger partial charge in [-0.1, -0.05) is 22.0 Å². The lowest BCUT2D eigenvalue weighted by Crippen LogP contribution is -2.36. The molecule has 0 radical (unpaired) electrons. The van der Waals surface area contributed by atoms with Gasteiger partial charge in [0.25, 0.3) is 0 Å². The molecule has 1 aromatic carbocycles. The number of aryl methyl sites for hydroxylation is 1. The van der Waals surface area contributed by atoms with Crippen LogP contribution in [0.4, 0.5) is 0 Å². The molecule has 2 nitrogen and oxygen atoms in total. The van der Waals surface area contributed by atoms with Crippen molar-refractivity contribution in [1.82, 2.24) is 5.32 Å². The summed E-state index contributed by atoms with van der Waals surface area (Å²) >= 11 is 3.51. The van der Waals surface area contributed by atoms with Crippen molar-refractivity contribution in [2.45, 2.75) is 25.3 Å². The lowest BCUT2D eigenvalue weighted by molar-refractivity contribution is 0.471. The first kappa shape index (κ1) is 13.2. The molecule has 0 saturated carbocycles. The van der Waals surface area contributed by atoms with Crippen molar-refractivity contribution in [3.05, 3.63) is 33.8 Å². The van der Waals surface area contributed by atoms with Crippen molar-refractivity contribution >= 4 is 26.7 Å². The van der Waals surface area contributed by atoms with Gasteiger partial charge in [0.15, 0.2) is 0 Å². The second-order valence-electron chi connectivity index (χ2n) is 4.58. The van der Waals surface area contributed by atoms with Crippen LogP contribution in [0.5, 0.6) is 0 Å². The van der Waals surface area contributed by atoms with E-state index in [-0.39, 0.29) is 0 Å². The molecular formula is C13H18BrNOS. The fraction of sp³-hybridized carbons (Fsp3) is 0.538. The van der Waals surface area contributed by atoms with Crippen LogP contribution in [-0.2, 0) is 23.6 Å². The van der Waals surface area contributed by atoms with Crippen LogP contribution < -0.4 is 5.32 Å². The molecule has 2 atom stereocenters. The number of fused-ring (bicyclic) bond motifs is 1. The average Bonchev–Trinajstić information content (AvgIpc) is 2.29. The summed E-state index contributed by atoms with van der Waals surface area (Å²) in [6.07, 6.45) is 5.18. The standard InChI is InChI=1S/C13H18BrNOS/c1-17(16)7-6-15-13-5-3-10-8-12(14)4-2-11(10)9-13/h2,4,8,13,15H,3,5-7,9H2,1H3. The molecule has 94 valence electrons. The van der Waals surface area contributed by atoms with Crippen molar-refractivity contribution in [2.24, 2.45) is 0 Å². The van der Waals surface area contributed by atoms with Gasteiger partial charge in [0.2, 0.25) is 0 Å². The maximum Gasteiger partial charge on any atom is 0.0357 e. The number of hydrogen-bond acceptors (Lipinski definition) is 2. The molecular weight excluding hydrogens is 298 g/mol. The minimum atomic E-state index is -0.687. The zero-order chi connectivity index (χ0) is 12.3. The fourth-order valence-corrected chi connectivity index (χ4v) is 3.12. The van der Waals surface area contributed by atoms with Crippen LogP contribution in [0.1, 0.15) is 17.5 Å². The van der Waals surface area contributed by atoms with Gasteiger partial charge in [0, 0.05) is 39.9 Å². The Balaban J connectivity index is 1.90. The summed E-state index contributed by atoms with van der Waals surface area (Å²) in [4.78, 5) is 0. The summed E-state index contributed by atoms with van der Waals surface area (Å²) in [7, 11) is -0.687. The minimum absolute atomic E-state index is 0.548. The smallest absolute Gasteiger partial charge is 0.0357 e. The van der Waals surface area contributed by atoms with E-state index in [0.29, 0.717) is 6.04 Å². The fourth-order valence-electron chi connectivity index (χ4n) is 2.30. The van der Waals surface area contributed by atoms with Gasteiger partial charge in [-0.25, -0.2) is 0 Å². The molecule has 0 heterocycles. The third-order valence-electron chi connectivity index (χ3n) is 3.22. The van der Waals surface area contributed by atoms with E-state index in [0.717, 1.165) is 25.1 Å². The molecule has 2 rings (SSSR count). The van der Waals surface area contributed by atoms with Gasteiger partial charge in [-0.15, -0.1) is 0 Å². The Bertz CT molecular complexity index is 422. The van der Waals surface area contributed by atoms with Crippen molar-refractivity contribution in [3.63, 3.8) is 0 Å². The summed E-state index contributed by atoms with van der Waals surface area (Å²) in [5.74, 6) is 0.754. The zero-order valence-electron chi connectivity index (χ0n) is 10.0. The predicted octanol–water partition coefficient (Wildman–Crippen LogP) is 2.27. The lowest BCUT2D eigenvalue weighted by atomic mass is 9.88. The van der Waals surface area contributed by atoms with Gasteiger partial charge >= 0.3 is 0 Å². The Kier molecular flexibility index (Phi) is 4.77. The first-order chi connectivity index (χ1) is 8.15. The summed E-state index contributed by atoms with van der Waals surface area (Å²) in [5.41, 5.74) is 2.92. The van der Waals surface area contributed by atoms with Crippen molar-refractivity contribution in [2.75, 3.05) is 18.6 Å². The van der Waals surface area contributed by atoms with Crippen molar-refractivity contribution < 1.29 is 4.21 Å². The highest BCUT2D eigenvalue weighted by atomic mass is 79.9. The molecule has 17 heavy (non-hydrogen) atoms. The monoisotopic (exact) mass is 315 g/mol. The van der Waals surface area contributed by atoms with Gasteiger partial charge in [-0.3, -0.25) is 4.21 Å². The Labute approximate surface area is 114 Å². The highest BCUT2D eigenvalue weighted by molar-refractivity contribution is 9.10.